The van der Waals surface area contributed by atoms with Crippen LogP contribution >= 0.6 is 0 Å². The standard InChI is InChI=1S/C12H9NO6/c14-12(15)10-4-3-8(6-11(10)13(16)17)19-7-9-2-1-5-18-9/h1-6H,7H2,(H,14,15). The first-order valence-corrected chi connectivity index (χ1v) is 5.25. The van der Waals surface area contributed by atoms with Gasteiger partial charge >= 0.3 is 5.97 Å². The molecule has 0 bridgehead atoms. The van der Waals surface area contributed by atoms with Crippen LogP contribution in [0.2, 0.25) is 0 Å². The molecule has 0 atom stereocenters. The zero-order chi connectivity index (χ0) is 13.8. The average Bonchev–Trinajstić information content (AvgIpc) is 2.88. The number of hydrogen-bond acceptors (Lipinski definition) is 5. The molecule has 0 aliphatic heterocycles. The van der Waals surface area contributed by atoms with E-state index in [0.717, 1.165) is 12.1 Å². The third-order valence-electron chi connectivity index (χ3n) is 2.36. The van der Waals surface area contributed by atoms with E-state index in [0.29, 0.717) is 5.76 Å². The van der Waals surface area contributed by atoms with Crippen LogP contribution in [0.15, 0.2) is 41.0 Å². The summed E-state index contributed by atoms with van der Waals surface area (Å²) >= 11 is 0. The summed E-state index contributed by atoms with van der Waals surface area (Å²) in [4.78, 5) is 20.8. The number of carbonyl (C=O) groups is 1. The highest BCUT2D eigenvalue weighted by molar-refractivity contribution is 5.92. The zero-order valence-electron chi connectivity index (χ0n) is 9.61. The molecule has 0 radical (unpaired) electrons. The van der Waals surface area contributed by atoms with Crippen molar-refractivity contribution in [3.63, 3.8) is 0 Å². The number of nitro benzene ring substituents is 1. The predicted octanol–water partition coefficient (Wildman–Crippen LogP) is 2.47. The minimum Gasteiger partial charge on any atom is -0.485 e. The van der Waals surface area contributed by atoms with E-state index in [4.69, 9.17) is 14.3 Å². The number of furan rings is 1. The molecule has 19 heavy (non-hydrogen) atoms. The van der Waals surface area contributed by atoms with Gasteiger partial charge in [0.15, 0.2) is 0 Å². The molecule has 0 fully saturated rings. The monoisotopic (exact) mass is 263 g/mol. The van der Waals surface area contributed by atoms with Crippen molar-refractivity contribution in [2.75, 3.05) is 0 Å². The van der Waals surface area contributed by atoms with Gasteiger partial charge < -0.3 is 14.3 Å². The molecular formula is C12H9NO6. The fourth-order valence-corrected chi connectivity index (χ4v) is 1.48. The highest BCUT2D eigenvalue weighted by Crippen LogP contribution is 2.25. The van der Waals surface area contributed by atoms with Gasteiger partial charge in [-0.2, -0.15) is 0 Å². The highest BCUT2D eigenvalue weighted by Gasteiger charge is 2.20. The summed E-state index contributed by atoms with van der Waals surface area (Å²) < 4.78 is 10.3. The maximum absolute atomic E-state index is 10.8. The van der Waals surface area contributed by atoms with Crippen molar-refractivity contribution in [2.45, 2.75) is 6.61 Å². The van der Waals surface area contributed by atoms with Crippen LogP contribution in [0.4, 0.5) is 5.69 Å². The van der Waals surface area contributed by atoms with E-state index in [9.17, 15) is 14.9 Å². The van der Waals surface area contributed by atoms with Gasteiger partial charge in [-0.1, -0.05) is 0 Å². The van der Waals surface area contributed by atoms with Gasteiger partial charge in [-0.25, -0.2) is 4.79 Å². The molecule has 0 aliphatic carbocycles. The molecule has 7 nitrogen and oxygen atoms in total. The summed E-state index contributed by atoms with van der Waals surface area (Å²) in [7, 11) is 0. The number of ether oxygens (including phenoxy) is 1. The SMILES string of the molecule is O=C(O)c1ccc(OCc2ccco2)cc1[N+](=O)[O-]. The number of carboxylic acid groups (broad SMARTS) is 1. The molecule has 98 valence electrons. The summed E-state index contributed by atoms with van der Waals surface area (Å²) in [5.41, 5.74) is -0.889. The lowest BCUT2D eigenvalue weighted by Crippen LogP contribution is -2.03. The van der Waals surface area contributed by atoms with Gasteiger partial charge in [-0.05, 0) is 24.3 Å². The Bertz CT molecular complexity index is 605. The van der Waals surface area contributed by atoms with E-state index in [-0.39, 0.29) is 17.9 Å². The Hall–Kier alpha value is -2.83. The van der Waals surface area contributed by atoms with Crippen molar-refractivity contribution >= 4 is 11.7 Å². The quantitative estimate of drug-likeness (QED) is 0.656. The van der Waals surface area contributed by atoms with Gasteiger partial charge in [-0.3, -0.25) is 10.1 Å². The molecule has 1 aromatic heterocycles. The molecule has 0 aliphatic rings. The van der Waals surface area contributed by atoms with E-state index < -0.39 is 16.6 Å². The van der Waals surface area contributed by atoms with E-state index in [2.05, 4.69) is 0 Å². The normalized spacial score (nSPS) is 10.1. The van der Waals surface area contributed by atoms with Gasteiger partial charge in [0.1, 0.15) is 23.7 Å². The lowest BCUT2D eigenvalue weighted by atomic mass is 10.2. The summed E-state index contributed by atoms with van der Waals surface area (Å²) in [5, 5.41) is 19.6. The molecular weight excluding hydrogens is 254 g/mol. The number of carboxylic acids is 1. The fraction of sp³-hybridized carbons (Fsp3) is 0.0833. The Morgan fingerprint density at radius 1 is 1.42 bits per heavy atom. The predicted molar refractivity (Wildman–Crippen MR) is 63.1 cm³/mol. The Labute approximate surface area is 107 Å². The van der Waals surface area contributed by atoms with E-state index in [1.54, 1.807) is 12.1 Å². The van der Waals surface area contributed by atoms with Crippen molar-refractivity contribution in [3.8, 4) is 5.75 Å². The minimum absolute atomic E-state index is 0.108. The lowest BCUT2D eigenvalue weighted by Gasteiger charge is -2.05. The molecule has 2 aromatic rings. The van der Waals surface area contributed by atoms with Crippen LogP contribution in [0.5, 0.6) is 5.75 Å². The highest BCUT2D eigenvalue weighted by atomic mass is 16.6. The van der Waals surface area contributed by atoms with Crippen LogP contribution in [0.25, 0.3) is 0 Å². The van der Waals surface area contributed by atoms with E-state index in [1.807, 2.05) is 0 Å². The largest absolute Gasteiger partial charge is 0.485 e. The number of nitro groups is 1. The molecule has 0 spiro atoms. The first-order chi connectivity index (χ1) is 9.08. The number of hydrogen-bond donors (Lipinski definition) is 1. The summed E-state index contributed by atoms with van der Waals surface area (Å²) in [6.45, 7) is 0.108. The Balaban J connectivity index is 2.20. The first kappa shape index (κ1) is 12.6. The third kappa shape index (κ3) is 2.89. The number of aromatic carboxylic acids is 1. The smallest absolute Gasteiger partial charge is 0.342 e. The minimum atomic E-state index is -1.36. The summed E-state index contributed by atoms with van der Waals surface area (Å²) in [6, 6.07) is 6.96. The van der Waals surface area contributed by atoms with Crippen molar-refractivity contribution < 1.29 is 24.0 Å². The molecule has 0 amide bonds. The number of benzene rings is 1. The Morgan fingerprint density at radius 3 is 2.79 bits per heavy atom. The first-order valence-electron chi connectivity index (χ1n) is 5.25. The Kier molecular flexibility index (Phi) is 3.46. The molecule has 1 aromatic carbocycles. The molecule has 0 unspecified atom stereocenters. The zero-order valence-corrected chi connectivity index (χ0v) is 9.61. The summed E-state index contributed by atoms with van der Waals surface area (Å²) in [5.74, 6) is -0.595. The topological polar surface area (TPSA) is 103 Å². The second-order valence-corrected chi connectivity index (χ2v) is 3.61. The van der Waals surface area contributed by atoms with Crippen LogP contribution in [0, 0.1) is 10.1 Å². The van der Waals surface area contributed by atoms with Gasteiger partial charge in [0.05, 0.1) is 17.3 Å². The molecule has 0 saturated heterocycles. The van der Waals surface area contributed by atoms with Gasteiger partial charge in [0.25, 0.3) is 5.69 Å². The third-order valence-corrected chi connectivity index (χ3v) is 2.36. The second-order valence-electron chi connectivity index (χ2n) is 3.61. The van der Waals surface area contributed by atoms with E-state index >= 15 is 0 Å². The van der Waals surface area contributed by atoms with Crippen LogP contribution < -0.4 is 4.74 Å². The van der Waals surface area contributed by atoms with Gasteiger partial charge in [0.2, 0.25) is 0 Å². The lowest BCUT2D eigenvalue weighted by molar-refractivity contribution is -0.385. The number of nitrogens with zero attached hydrogens (tertiary/aromatic N) is 1. The van der Waals surface area contributed by atoms with Crippen molar-refractivity contribution in [1.29, 1.82) is 0 Å². The second kappa shape index (κ2) is 5.21. The number of rotatable bonds is 5. The molecule has 2 rings (SSSR count). The van der Waals surface area contributed by atoms with Crippen LogP contribution in [0.3, 0.4) is 0 Å². The van der Waals surface area contributed by atoms with Crippen LogP contribution in [0.1, 0.15) is 16.1 Å². The van der Waals surface area contributed by atoms with Crippen molar-refractivity contribution in [1.82, 2.24) is 0 Å². The van der Waals surface area contributed by atoms with E-state index in [1.165, 1.54) is 12.3 Å². The Morgan fingerprint density at radius 2 is 2.21 bits per heavy atom. The maximum Gasteiger partial charge on any atom is 0.342 e. The van der Waals surface area contributed by atoms with Crippen LogP contribution in [-0.2, 0) is 6.61 Å². The van der Waals surface area contributed by atoms with Crippen molar-refractivity contribution in [2.24, 2.45) is 0 Å². The van der Waals surface area contributed by atoms with Gasteiger partial charge in [-0.15, -0.1) is 0 Å². The molecule has 1 N–H and O–H groups in total. The molecule has 0 saturated carbocycles. The van der Waals surface area contributed by atoms with Crippen LogP contribution in [-0.4, -0.2) is 16.0 Å². The average molecular weight is 263 g/mol. The maximum atomic E-state index is 10.8. The van der Waals surface area contributed by atoms with Gasteiger partial charge in [0, 0.05) is 0 Å². The fourth-order valence-electron chi connectivity index (χ4n) is 1.48. The molecule has 7 heteroatoms. The summed E-state index contributed by atoms with van der Waals surface area (Å²) in [6.07, 6.45) is 1.48. The van der Waals surface area contributed by atoms with Crippen molar-refractivity contribution in [3.05, 3.63) is 58.0 Å². The molecule has 1 heterocycles.